The first-order valence-corrected chi connectivity index (χ1v) is 11.9. The predicted molar refractivity (Wildman–Crippen MR) is 125 cm³/mol. The van der Waals surface area contributed by atoms with Crippen LogP contribution in [0.5, 0.6) is 0 Å². The highest BCUT2D eigenvalue weighted by molar-refractivity contribution is 7.99. The fourth-order valence-electron chi connectivity index (χ4n) is 4.30. The Hall–Kier alpha value is -2.02. The fourth-order valence-corrected chi connectivity index (χ4v) is 5.77. The lowest BCUT2D eigenvalue weighted by molar-refractivity contribution is -0.0129. The smallest absolute Gasteiger partial charge is 0.253 e. The van der Waals surface area contributed by atoms with Crippen molar-refractivity contribution in [1.29, 1.82) is 0 Å². The number of carbonyl (C=O) groups is 1. The number of rotatable bonds is 6. The number of hydrogen-bond donors (Lipinski definition) is 2. The predicted octanol–water partition coefficient (Wildman–Crippen LogP) is 3.98. The number of ether oxygens (including phenoxy) is 1. The number of anilines is 2. The maximum atomic E-state index is 13.2. The Morgan fingerprint density at radius 1 is 1.10 bits per heavy atom. The summed E-state index contributed by atoms with van der Waals surface area (Å²) in [7, 11) is 0. The van der Waals surface area contributed by atoms with Crippen LogP contribution in [0, 0.1) is 13.8 Å². The molecule has 2 aliphatic rings. The molecule has 2 N–H and O–H groups in total. The van der Waals surface area contributed by atoms with Gasteiger partial charge in [0.05, 0.1) is 24.5 Å². The molecule has 1 unspecified atom stereocenters. The second-order valence-corrected chi connectivity index (χ2v) is 9.33. The van der Waals surface area contributed by atoms with E-state index in [-0.39, 0.29) is 11.4 Å². The molecule has 0 spiro atoms. The van der Waals surface area contributed by atoms with Crippen molar-refractivity contribution in [2.24, 2.45) is 0 Å². The van der Waals surface area contributed by atoms with Crippen LogP contribution in [-0.4, -0.2) is 60.7 Å². The SMILES string of the molecule is Cc1cccc(Nc2ccccc2C(=O)NCC2(N3CCOCC3)CCSC2)c1C. The van der Waals surface area contributed by atoms with Crippen molar-refractivity contribution in [3.05, 3.63) is 59.2 Å². The average molecular weight is 426 g/mol. The van der Waals surface area contributed by atoms with Crippen LogP contribution in [0.3, 0.4) is 0 Å². The van der Waals surface area contributed by atoms with Gasteiger partial charge in [0.25, 0.3) is 5.91 Å². The number of morpholine rings is 1. The zero-order chi connectivity index (χ0) is 21.0. The van der Waals surface area contributed by atoms with Crippen molar-refractivity contribution in [3.8, 4) is 0 Å². The monoisotopic (exact) mass is 425 g/mol. The van der Waals surface area contributed by atoms with Crippen LogP contribution in [0.25, 0.3) is 0 Å². The third-order valence-corrected chi connectivity index (χ3v) is 7.62. The number of benzene rings is 2. The number of nitrogens with zero attached hydrogens (tertiary/aromatic N) is 1. The maximum absolute atomic E-state index is 13.2. The van der Waals surface area contributed by atoms with Gasteiger partial charge >= 0.3 is 0 Å². The van der Waals surface area contributed by atoms with E-state index in [1.165, 1.54) is 11.1 Å². The van der Waals surface area contributed by atoms with Gasteiger partial charge in [0.1, 0.15) is 0 Å². The molecule has 0 radical (unpaired) electrons. The summed E-state index contributed by atoms with van der Waals surface area (Å²) >= 11 is 1.98. The standard InChI is InChI=1S/C24H31N3O2S/c1-18-6-5-9-21(19(18)2)26-22-8-4-3-7-20(22)23(28)25-16-24(10-15-30-17-24)27-11-13-29-14-12-27/h3-9,26H,10-17H2,1-2H3,(H,25,28). The molecule has 4 rings (SSSR count). The van der Waals surface area contributed by atoms with Crippen molar-refractivity contribution >= 4 is 29.0 Å². The first-order valence-electron chi connectivity index (χ1n) is 10.7. The quantitative estimate of drug-likeness (QED) is 0.733. The molecule has 2 aliphatic heterocycles. The van der Waals surface area contributed by atoms with Crippen molar-refractivity contribution in [2.75, 3.05) is 49.7 Å². The number of amides is 1. The van der Waals surface area contributed by atoms with Gasteiger partial charge in [-0.15, -0.1) is 0 Å². The summed E-state index contributed by atoms with van der Waals surface area (Å²) in [6.07, 6.45) is 1.11. The number of para-hydroxylation sites is 1. The van der Waals surface area contributed by atoms with Crippen molar-refractivity contribution < 1.29 is 9.53 Å². The number of carbonyl (C=O) groups excluding carboxylic acids is 1. The Bertz CT molecular complexity index is 890. The number of hydrogen-bond acceptors (Lipinski definition) is 5. The van der Waals surface area contributed by atoms with Crippen LogP contribution in [0.1, 0.15) is 27.9 Å². The molecule has 160 valence electrons. The molecule has 30 heavy (non-hydrogen) atoms. The highest BCUT2D eigenvalue weighted by Gasteiger charge is 2.41. The molecule has 2 aromatic rings. The second-order valence-electron chi connectivity index (χ2n) is 8.23. The summed E-state index contributed by atoms with van der Waals surface area (Å²) in [5.74, 6) is 2.20. The van der Waals surface area contributed by atoms with Crippen LogP contribution in [0.4, 0.5) is 11.4 Å². The van der Waals surface area contributed by atoms with Gasteiger partial charge in [0.2, 0.25) is 0 Å². The molecular weight excluding hydrogens is 394 g/mol. The molecule has 6 heteroatoms. The van der Waals surface area contributed by atoms with Crippen LogP contribution >= 0.6 is 11.8 Å². The minimum absolute atomic E-state index is 0.0204. The molecule has 2 fully saturated rings. The highest BCUT2D eigenvalue weighted by Crippen LogP contribution is 2.34. The molecule has 1 atom stereocenters. The fraction of sp³-hybridized carbons (Fsp3) is 0.458. The Kier molecular flexibility index (Phi) is 6.66. The van der Waals surface area contributed by atoms with E-state index in [9.17, 15) is 4.79 Å². The van der Waals surface area contributed by atoms with Gasteiger partial charge in [-0.25, -0.2) is 0 Å². The van der Waals surface area contributed by atoms with Crippen LogP contribution in [-0.2, 0) is 4.74 Å². The molecule has 0 saturated carbocycles. The molecule has 2 aromatic carbocycles. The van der Waals surface area contributed by atoms with Crippen molar-refractivity contribution in [3.63, 3.8) is 0 Å². The van der Waals surface area contributed by atoms with E-state index in [0.717, 1.165) is 55.6 Å². The lowest BCUT2D eigenvalue weighted by atomic mass is 9.95. The van der Waals surface area contributed by atoms with E-state index in [0.29, 0.717) is 12.1 Å². The van der Waals surface area contributed by atoms with E-state index in [1.807, 2.05) is 42.1 Å². The van der Waals surface area contributed by atoms with E-state index < -0.39 is 0 Å². The van der Waals surface area contributed by atoms with E-state index in [2.05, 4.69) is 41.5 Å². The lowest BCUT2D eigenvalue weighted by Crippen LogP contribution is -2.59. The second kappa shape index (κ2) is 9.41. The minimum Gasteiger partial charge on any atom is -0.379 e. The molecule has 2 heterocycles. The van der Waals surface area contributed by atoms with Gasteiger partial charge in [-0.05, 0) is 55.3 Å². The number of thioether (sulfide) groups is 1. The van der Waals surface area contributed by atoms with Crippen LogP contribution in [0.2, 0.25) is 0 Å². The van der Waals surface area contributed by atoms with Gasteiger partial charge < -0.3 is 15.4 Å². The molecule has 0 aliphatic carbocycles. The van der Waals surface area contributed by atoms with Gasteiger partial charge in [-0.1, -0.05) is 24.3 Å². The molecule has 0 bridgehead atoms. The zero-order valence-electron chi connectivity index (χ0n) is 17.9. The van der Waals surface area contributed by atoms with Gasteiger partial charge in [-0.3, -0.25) is 9.69 Å². The Morgan fingerprint density at radius 2 is 1.87 bits per heavy atom. The zero-order valence-corrected chi connectivity index (χ0v) is 18.7. The molecule has 2 saturated heterocycles. The third kappa shape index (κ3) is 4.51. The summed E-state index contributed by atoms with van der Waals surface area (Å²) in [4.78, 5) is 15.7. The Labute approximate surface area is 183 Å². The third-order valence-electron chi connectivity index (χ3n) is 6.39. The normalized spacial score (nSPS) is 22.1. The molecule has 5 nitrogen and oxygen atoms in total. The Morgan fingerprint density at radius 3 is 2.63 bits per heavy atom. The summed E-state index contributed by atoms with van der Waals surface area (Å²) in [6, 6.07) is 14.0. The maximum Gasteiger partial charge on any atom is 0.253 e. The molecular formula is C24H31N3O2S. The van der Waals surface area contributed by atoms with Crippen molar-refractivity contribution in [2.45, 2.75) is 25.8 Å². The van der Waals surface area contributed by atoms with Crippen molar-refractivity contribution in [1.82, 2.24) is 10.2 Å². The van der Waals surface area contributed by atoms with Crippen LogP contribution < -0.4 is 10.6 Å². The minimum atomic E-state index is -0.0204. The largest absolute Gasteiger partial charge is 0.379 e. The van der Waals surface area contributed by atoms with Gasteiger partial charge in [0, 0.05) is 36.6 Å². The van der Waals surface area contributed by atoms with Gasteiger partial charge in [-0.2, -0.15) is 11.8 Å². The topological polar surface area (TPSA) is 53.6 Å². The summed E-state index contributed by atoms with van der Waals surface area (Å²) in [6.45, 7) is 8.33. The average Bonchev–Trinajstić information content (AvgIpc) is 3.26. The first kappa shape index (κ1) is 21.2. The molecule has 0 aromatic heterocycles. The summed E-state index contributed by atoms with van der Waals surface area (Å²) in [5, 5.41) is 6.73. The summed E-state index contributed by atoms with van der Waals surface area (Å²) in [5.41, 5.74) is 5.02. The van der Waals surface area contributed by atoms with E-state index >= 15 is 0 Å². The van der Waals surface area contributed by atoms with E-state index in [1.54, 1.807) is 0 Å². The summed E-state index contributed by atoms with van der Waals surface area (Å²) < 4.78 is 5.55. The Balaban J connectivity index is 1.49. The molecule has 1 amide bonds. The lowest BCUT2D eigenvalue weighted by Gasteiger charge is -2.43. The van der Waals surface area contributed by atoms with E-state index in [4.69, 9.17) is 4.74 Å². The highest BCUT2D eigenvalue weighted by atomic mass is 32.2. The van der Waals surface area contributed by atoms with Crippen LogP contribution in [0.15, 0.2) is 42.5 Å². The van der Waals surface area contributed by atoms with Gasteiger partial charge in [0.15, 0.2) is 0 Å². The number of nitrogens with one attached hydrogen (secondary N) is 2. The first-order chi connectivity index (χ1) is 14.6. The number of aryl methyl sites for hydroxylation is 1.